The van der Waals surface area contributed by atoms with E-state index in [0.29, 0.717) is 13.1 Å². The number of nitrogens with zero attached hydrogens (tertiary/aromatic N) is 2. The number of aryl methyl sites for hydroxylation is 1. The maximum absolute atomic E-state index is 12.3. The summed E-state index contributed by atoms with van der Waals surface area (Å²) in [5, 5.41) is 11.1. The van der Waals surface area contributed by atoms with Crippen LogP contribution in [0.4, 0.5) is 5.69 Å². The molecule has 0 unspecified atom stereocenters. The van der Waals surface area contributed by atoms with Crippen molar-refractivity contribution >= 4 is 22.5 Å². The van der Waals surface area contributed by atoms with E-state index in [1.54, 1.807) is 6.20 Å². The van der Waals surface area contributed by atoms with Crippen LogP contribution in [0.2, 0.25) is 0 Å². The van der Waals surface area contributed by atoms with Gasteiger partial charge in [0.25, 0.3) is 0 Å². The van der Waals surface area contributed by atoms with Crippen LogP contribution < -0.4 is 5.32 Å². The Balaban J connectivity index is 1.59. The van der Waals surface area contributed by atoms with Crippen LogP contribution in [0.15, 0.2) is 48.7 Å². The number of carbonyl (C=O) groups excluding carboxylic acids is 1. The standard InChI is InChI=1S/C19H22N4O/c1-3-15-6-4-5-7-17(15)21-19(24)13-23(2)12-14-8-9-16-11-20-22-18(16)10-14/h4-11H,3,12-13H2,1-2H3,(H,20,22)(H,21,24). The Morgan fingerprint density at radius 1 is 1.25 bits per heavy atom. The summed E-state index contributed by atoms with van der Waals surface area (Å²) in [6.45, 7) is 3.14. The van der Waals surface area contributed by atoms with Crippen molar-refractivity contribution in [1.29, 1.82) is 0 Å². The zero-order valence-corrected chi connectivity index (χ0v) is 14.0. The fourth-order valence-corrected chi connectivity index (χ4v) is 2.84. The Hall–Kier alpha value is -2.66. The van der Waals surface area contributed by atoms with Crippen molar-refractivity contribution in [3.63, 3.8) is 0 Å². The lowest BCUT2D eigenvalue weighted by atomic mass is 10.1. The van der Waals surface area contributed by atoms with Crippen molar-refractivity contribution < 1.29 is 4.79 Å². The van der Waals surface area contributed by atoms with Gasteiger partial charge in [-0.25, -0.2) is 0 Å². The van der Waals surface area contributed by atoms with Gasteiger partial charge in [-0.15, -0.1) is 0 Å². The first-order valence-corrected chi connectivity index (χ1v) is 8.14. The fourth-order valence-electron chi connectivity index (χ4n) is 2.84. The molecule has 5 heteroatoms. The minimum atomic E-state index is 0.000943. The Bertz CT molecular complexity index is 840. The van der Waals surface area contributed by atoms with E-state index >= 15 is 0 Å². The van der Waals surface area contributed by atoms with Gasteiger partial charge in [-0.2, -0.15) is 5.10 Å². The van der Waals surface area contributed by atoms with Crippen molar-refractivity contribution in [2.24, 2.45) is 0 Å². The number of para-hydroxylation sites is 1. The number of anilines is 1. The number of aromatic nitrogens is 2. The lowest BCUT2D eigenvalue weighted by molar-refractivity contribution is -0.117. The van der Waals surface area contributed by atoms with Crippen molar-refractivity contribution in [3.05, 3.63) is 59.8 Å². The van der Waals surface area contributed by atoms with Crippen LogP contribution in [-0.2, 0) is 17.8 Å². The number of fused-ring (bicyclic) bond motifs is 1. The van der Waals surface area contributed by atoms with Gasteiger partial charge < -0.3 is 5.32 Å². The average Bonchev–Trinajstić information content (AvgIpc) is 3.02. The molecule has 0 aliphatic carbocycles. The molecule has 2 N–H and O–H groups in total. The second kappa shape index (κ2) is 7.27. The van der Waals surface area contributed by atoms with Crippen molar-refractivity contribution in [1.82, 2.24) is 15.1 Å². The van der Waals surface area contributed by atoms with E-state index in [1.807, 2.05) is 42.3 Å². The minimum absolute atomic E-state index is 0.000943. The van der Waals surface area contributed by atoms with Crippen LogP contribution in [0, 0.1) is 0 Å². The summed E-state index contributed by atoms with van der Waals surface area (Å²) in [6, 6.07) is 14.1. The monoisotopic (exact) mass is 322 g/mol. The van der Waals surface area contributed by atoms with E-state index < -0.39 is 0 Å². The highest BCUT2D eigenvalue weighted by atomic mass is 16.2. The zero-order chi connectivity index (χ0) is 16.9. The molecule has 0 aliphatic rings. The average molecular weight is 322 g/mol. The Morgan fingerprint density at radius 3 is 2.92 bits per heavy atom. The number of hydrogen-bond donors (Lipinski definition) is 2. The van der Waals surface area contributed by atoms with Crippen LogP contribution in [0.3, 0.4) is 0 Å². The molecule has 3 aromatic rings. The molecule has 0 saturated carbocycles. The van der Waals surface area contributed by atoms with Crippen LogP contribution in [-0.4, -0.2) is 34.6 Å². The molecule has 0 aliphatic heterocycles. The molecule has 5 nitrogen and oxygen atoms in total. The predicted molar refractivity (Wildman–Crippen MR) is 96.9 cm³/mol. The molecule has 1 aromatic heterocycles. The van der Waals surface area contributed by atoms with Gasteiger partial charge in [-0.05, 0) is 36.7 Å². The number of likely N-dealkylation sites (N-methyl/N-ethyl adjacent to an activating group) is 1. The number of nitrogens with one attached hydrogen (secondary N) is 2. The van der Waals surface area contributed by atoms with E-state index in [2.05, 4.69) is 34.6 Å². The second-order valence-corrected chi connectivity index (χ2v) is 6.02. The quantitative estimate of drug-likeness (QED) is 0.732. The molecule has 0 atom stereocenters. The molecular weight excluding hydrogens is 300 g/mol. The summed E-state index contributed by atoms with van der Waals surface area (Å²) in [4.78, 5) is 14.3. The van der Waals surface area contributed by atoms with E-state index in [0.717, 1.165) is 34.1 Å². The van der Waals surface area contributed by atoms with E-state index in [4.69, 9.17) is 0 Å². The van der Waals surface area contributed by atoms with Gasteiger partial charge >= 0.3 is 0 Å². The normalized spacial score (nSPS) is 11.1. The number of H-pyrrole nitrogens is 1. The third kappa shape index (κ3) is 3.81. The summed E-state index contributed by atoms with van der Waals surface area (Å²) < 4.78 is 0. The molecule has 0 bridgehead atoms. The number of carbonyl (C=O) groups is 1. The predicted octanol–water partition coefficient (Wildman–Crippen LogP) is 3.20. The summed E-state index contributed by atoms with van der Waals surface area (Å²) in [5.41, 5.74) is 4.22. The third-order valence-corrected chi connectivity index (χ3v) is 4.04. The summed E-state index contributed by atoms with van der Waals surface area (Å²) in [6.07, 6.45) is 2.71. The van der Waals surface area contributed by atoms with Gasteiger partial charge in [0.05, 0.1) is 18.3 Å². The van der Waals surface area contributed by atoms with Gasteiger partial charge in [0.2, 0.25) is 5.91 Å². The Morgan fingerprint density at radius 2 is 2.08 bits per heavy atom. The van der Waals surface area contributed by atoms with Gasteiger partial charge in [0, 0.05) is 17.6 Å². The minimum Gasteiger partial charge on any atom is -0.325 e. The highest BCUT2D eigenvalue weighted by molar-refractivity contribution is 5.93. The smallest absolute Gasteiger partial charge is 0.238 e. The number of amides is 1. The molecule has 0 fully saturated rings. The third-order valence-electron chi connectivity index (χ3n) is 4.04. The van der Waals surface area contributed by atoms with Crippen LogP contribution in [0.5, 0.6) is 0 Å². The van der Waals surface area contributed by atoms with Gasteiger partial charge in [-0.3, -0.25) is 14.8 Å². The molecule has 124 valence electrons. The van der Waals surface area contributed by atoms with Gasteiger partial charge in [-0.1, -0.05) is 37.3 Å². The molecule has 1 amide bonds. The maximum atomic E-state index is 12.3. The molecule has 0 saturated heterocycles. The van der Waals surface area contributed by atoms with E-state index in [-0.39, 0.29) is 5.91 Å². The number of rotatable bonds is 6. The lowest BCUT2D eigenvalue weighted by Crippen LogP contribution is -2.30. The van der Waals surface area contributed by atoms with Crippen LogP contribution in [0.1, 0.15) is 18.1 Å². The Kier molecular flexibility index (Phi) is 4.91. The summed E-state index contributed by atoms with van der Waals surface area (Å²) in [5.74, 6) is 0.000943. The highest BCUT2D eigenvalue weighted by Gasteiger charge is 2.10. The van der Waals surface area contributed by atoms with Gasteiger partial charge in [0.15, 0.2) is 0 Å². The van der Waals surface area contributed by atoms with Crippen molar-refractivity contribution in [2.45, 2.75) is 19.9 Å². The van der Waals surface area contributed by atoms with Crippen molar-refractivity contribution in [2.75, 3.05) is 18.9 Å². The first-order chi connectivity index (χ1) is 11.7. The van der Waals surface area contributed by atoms with Crippen LogP contribution in [0.25, 0.3) is 10.9 Å². The SMILES string of the molecule is CCc1ccccc1NC(=O)CN(C)Cc1ccc2cn[nH]c2c1. The second-order valence-electron chi connectivity index (χ2n) is 6.02. The number of aromatic amines is 1. The topological polar surface area (TPSA) is 61.0 Å². The molecule has 3 rings (SSSR count). The fraction of sp³-hybridized carbons (Fsp3) is 0.263. The van der Waals surface area contributed by atoms with E-state index in [1.165, 1.54) is 0 Å². The first kappa shape index (κ1) is 16.2. The highest BCUT2D eigenvalue weighted by Crippen LogP contribution is 2.16. The van der Waals surface area contributed by atoms with E-state index in [9.17, 15) is 4.79 Å². The summed E-state index contributed by atoms with van der Waals surface area (Å²) in [7, 11) is 1.95. The number of benzene rings is 2. The molecular formula is C19H22N4O. The molecule has 0 radical (unpaired) electrons. The number of hydrogen-bond acceptors (Lipinski definition) is 3. The zero-order valence-electron chi connectivity index (χ0n) is 14.0. The summed E-state index contributed by atoms with van der Waals surface area (Å²) >= 11 is 0. The maximum Gasteiger partial charge on any atom is 0.238 e. The van der Waals surface area contributed by atoms with Gasteiger partial charge in [0.1, 0.15) is 0 Å². The molecule has 24 heavy (non-hydrogen) atoms. The molecule has 0 spiro atoms. The van der Waals surface area contributed by atoms with Crippen molar-refractivity contribution in [3.8, 4) is 0 Å². The molecule has 2 aromatic carbocycles. The lowest BCUT2D eigenvalue weighted by Gasteiger charge is -2.17. The van der Waals surface area contributed by atoms with Crippen LogP contribution >= 0.6 is 0 Å². The largest absolute Gasteiger partial charge is 0.325 e. The molecule has 1 heterocycles. The Labute approximate surface area is 141 Å². The first-order valence-electron chi connectivity index (χ1n) is 8.14.